The lowest BCUT2D eigenvalue weighted by molar-refractivity contribution is 0.179. The van der Waals surface area contributed by atoms with Crippen molar-refractivity contribution in [3.8, 4) is 22.5 Å². The van der Waals surface area contributed by atoms with Gasteiger partial charge in [-0.15, -0.1) is 0 Å². The van der Waals surface area contributed by atoms with Crippen molar-refractivity contribution in [3.05, 3.63) is 73.1 Å². The summed E-state index contributed by atoms with van der Waals surface area (Å²) >= 11 is 0. The summed E-state index contributed by atoms with van der Waals surface area (Å²) in [6, 6.07) is 21.1. The van der Waals surface area contributed by atoms with Crippen molar-refractivity contribution in [2.75, 3.05) is 27.2 Å². The number of aromatic nitrogens is 3. The summed E-state index contributed by atoms with van der Waals surface area (Å²) in [4.78, 5) is 25.2. The molecular formula is C26H27N5O. The number of carbonyl (C=O) groups excluding carboxylic acids is 1. The molecular weight excluding hydrogens is 398 g/mol. The van der Waals surface area contributed by atoms with Crippen LogP contribution in [0, 0.1) is 5.92 Å². The highest BCUT2D eigenvalue weighted by molar-refractivity contribution is 5.80. The lowest BCUT2D eigenvalue weighted by Crippen LogP contribution is -2.37. The van der Waals surface area contributed by atoms with E-state index in [1.807, 2.05) is 43.5 Å². The van der Waals surface area contributed by atoms with Crippen LogP contribution in [0.3, 0.4) is 0 Å². The molecule has 1 unspecified atom stereocenters. The van der Waals surface area contributed by atoms with Crippen LogP contribution in [0.4, 0.5) is 4.79 Å². The first kappa shape index (κ1) is 20.2. The van der Waals surface area contributed by atoms with Gasteiger partial charge in [0, 0.05) is 45.5 Å². The van der Waals surface area contributed by atoms with Crippen molar-refractivity contribution < 1.29 is 4.79 Å². The van der Waals surface area contributed by atoms with Gasteiger partial charge in [0.1, 0.15) is 11.3 Å². The van der Waals surface area contributed by atoms with Crippen molar-refractivity contribution in [3.63, 3.8) is 0 Å². The molecule has 2 aromatic heterocycles. The fourth-order valence-corrected chi connectivity index (χ4v) is 4.53. The van der Waals surface area contributed by atoms with Gasteiger partial charge in [-0.05, 0) is 29.5 Å². The van der Waals surface area contributed by atoms with Crippen molar-refractivity contribution in [1.29, 1.82) is 0 Å². The molecule has 4 aromatic rings. The van der Waals surface area contributed by atoms with Gasteiger partial charge in [0.05, 0.1) is 11.7 Å². The lowest BCUT2D eigenvalue weighted by Gasteiger charge is -2.21. The number of hydrogen-bond acceptors (Lipinski definition) is 3. The van der Waals surface area contributed by atoms with Crippen LogP contribution in [-0.2, 0) is 6.54 Å². The van der Waals surface area contributed by atoms with E-state index in [0.717, 1.165) is 48.5 Å². The lowest BCUT2D eigenvalue weighted by atomic mass is 10.0. The average molecular weight is 426 g/mol. The standard InChI is InChI=1S/C26H27N5O/c1-29(2)26(32)30-15-13-19(17-30)18-31-24-12-14-27-16-23(24)28-25(31)22-10-8-21(9-11-22)20-6-4-3-5-7-20/h3-12,14,16,19H,13,15,17-18H2,1-2H3. The molecule has 0 N–H and O–H groups in total. The molecule has 5 rings (SSSR count). The third kappa shape index (κ3) is 3.84. The molecule has 0 bridgehead atoms. The monoisotopic (exact) mass is 425 g/mol. The van der Waals surface area contributed by atoms with E-state index in [1.165, 1.54) is 11.1 Å². The maximum Gasteiger partial charge on any atom is 0.319 e. The summed E-state index contributed by atoms with van der Waals surface area (Å²) in [5, 5.41) is 0. The molecule has 0 radical (unpaired) electrons. The summed E-state index contributed by atoms with van der Waals surface area (Å²) in [7, 11) is 3.62. The minimum absolute atomic E-state index is 0.0870. The van der Waals surface area contributed by atoms with Crippen LogP contribution in [-0.4, -0.2) is 57.6 Å². The number of imidazole rings is 1. The summed E-state index contributed by atoms with van der Waals surface area (Å²) in [5.41, 5.74) is 5.45. The zero-order valence-electron chi connectivity index (χ0n) is 18.5. The molecule has 162 valence electrons. The van der Waals surface area contributed by atoms with Crippen molar-refractivity contribution in [2.24, 2.45) is 5.92 Å². The topological polar surface area (TPSA) is 54.3 Å². The van der Waals surface area contributed by atoms with Gasteiger partial charge in [0.15, 0.2) is 0 Å². The van der Waals surface area contributed by atoms with Crippen LogP contribution in [0.25, 0.3) is 33.5 Å². The number of amides is 2. The highest BCUT2D eigenvalue weighted by atomic mass is 16.2. The maximum atomic E-state index is 12.4. The number of pyridine rings is 1. The second-order valence-electron chi connectivity index (χ2n) is 8.63. The molecule has 6 heteroatoms. The average Bonchev–Trinajstić information content (AvgIpc) is 3.45. The molecule has 32 heavy (non-hydrogen) atoms. The number of rotatable bonds is 4. The summed E-state index contributed by atoms with van der Waals surface area (Å²) in [6.07, 6.45) is 4.64. The van der Waals surface area contributed by atoms with Gasteiger partial charge < -0.3 is 14.4 Å². The molecule has 1 fully saturated rings. The third-order valence-electron chi connectivity index (χ3n) is 6.18. The van der Waals surface area contributed by atoms with Crippen molar-refractivity contribution in [1.82, 2.24) is 24.3 Å². The molecule has 2 aromatic carbocycles. The van der Waals surface area contributed by atoms with Crippen LogP contribution in [0.1, 0.15) is 6.42 Å². The van der Waals surface area contributed by atoms with Gasteiger partial charge in [-0.3, -0.25) is 4.98 Å². The molecule has 0 spiro atoms. The predicted molar refractivity (Wildman–Crippen MR) is 127 cm³/mol. The van der Waals surface area contributed by atoms with Gasteiger partial charge in [0.25, 0.3) is 0 Å². The van der Waals surface area contributed by atoms with E-state index in [1.54, 1.807) is 4.90 Å². The van der Waals surface area contributed by atoms with Crippen LogP contribution in [0.15, 0.2) is 73.1 Å². The van der Waals surface area contributed by atoms with Crippen LogP contribution in [0.5, 0.6) is 0 Å². The zero-order valence-corrected chi connectivity index (χ0v) is 18.5. The summed E-state index contributed by atoms with van der Waals surface area (Å²) < 4.78 is 2.29. The van der Waals surface area contributed by atoms with Crippen molar-refractivity contribution in [2.45, 2.75) is 13.0 Å². The molecule has 1 saturated heterocycles. The first-order valence-corrected chi connectivity index (χ1v) is 11.0. The Bertz CT molecular complexity index is 1230. The Morgan fingerprint density at radius 2 is 1.72 bits per heavy atom. The first-order chi connectivity index (χ1) is 15.6. The number of carbonyl (C=O) groups is 1. The van der Waals surface area contributed by atoms with E-state index in [2.05, 4.69) is 58.1 Å². The van der Waals surface area contributed by atoms with E-state index in [4.69, 9.17) is 4.98 Å². The molecule has 0 aliphatic carbocycles. The quantitative estimate of drug-likeness (QED) is 0.473. The molecule has 1 aliphatic rings. The Morgan fingerprint density at radius 3 is 2.47 bits per heavy atom. The number of benzene rings is 2. The predicted octanol–water partition coefficient (Wildman–Crippen LogP) is 4.77. The minimum atomic E-state index is 0.0870. The smallest absolute Gasteiger partial charge is 0.319 e. The second kappa shape index (κ2) is 8.46. The fraction of sp³-hybridized carbons (Fsp3) is 0.269. The van der Waals surface area contributed by atoms with Crippen LogP contribution in [0.2, 0.25) is 0 Å². The zero-order chi connectivity index (χ0) is 22.1. The number of fused-ring (bicyclic) bond motifs is 1. The Hall–Kier alpha value is -3.67. The minimum Gasteiger partial charge on any atom is -0.331 e. The number of nitrogens with zero attached hydrogens (tertiary/aromatic N) is 5. The SMILES string of the molecule is CN(C)C(=O)N1CCC(Cn2c(-c3ccc(-c4ccccc4)cc3)nc3cnccc32)C1. The highest BCUT2D eigenvalue weighted by Gasteiger charge is 2.28. The van der Waals surface area contributed by atoms with E-state index in [0.29, 0.717) is 5.92 Å². The summed E-state index contributed by atoms with van der Waals surface area (Å²) in [5.74, 6) is 1.34. The third-order valence-corrected chi connectivity index (χ3v) is 6.18. The molecule has 2 amide bonds. The van der Waals surface area contributed by atoms with E-state index in [9.17, 15) is 4.79 Å². The van der Waals surface area contributed by atoms with Gasteiger partial charge in [-0.25, -0.2) is 9.78 Å². The summed E-state index contributed by atoms with van der Waals surface area (Å²) in [6.45, 7) is 2.40. The largest absolute Gasteiger partial charge is 0.331 e. The Labute approximate surface area is 188 Å². The first-order valence-electron chi connectivity index (χ1n) is 11.0. The Kier molecular flexibility index (Phi) is 5.35. The molecule has 6 nitrogen and oxygen atoms in total. The number of likely N-dealkylation sites (tertiary alicyclic amines) is 1. The second-order valence-corrected chi connectivity index (χ2v) is 8.63. The van der Waals surface area contributed by atoms with E-state index in [-0.39, 0.29) is 6.03 Å². The van der Waals surface area contributed by atoms with Gasteiger partial charge in [-0.1, -0.05) is 54.6 Å². The van der Waals surface area contributed by atoms with Crippen molar-refractivity contribution >= 4 is 17.1 Å². The van der Waals surface area contributed by atoms with Crippen LogP contribution >= 0.6 is 0 Å². The Morgan fingerprint density at radius 1 is 1.00 bits per heavy atom. The van der Waals surface area contributed by atoms with E-state index < -0.39 is 0 Å². The van der Waals surface area contributed by atoms with Gasteiger partial charge in [-0.2, -0.15) is 0 Å². The number of urea groups is 1. The fourth-order valence-electron chi connectivity index (χ4n) is 4.53. The van der Waals surface area contributed by atoms with Gasteiger partial charge in [0.2, 0.25) is 0 Å². The molecule has 3 heterocycles. The molecule has 0 saturated carbocycles. The highest BCUT2D eigenvalue weighted by Crippen LogP contribution is 2.29. The van der Waals surface area contributed by atoms with Crippen LogP contribution < -0.4 is 0 Å². The Balaban J connectivity index is 1.46. The van der Waals surface area contributed by atoms with E-state index >= 15 is 0 Å². The number of hydrogen-bond donors (Lipinski definition) is 0. The normalized spacial score (nSPS) is 15.9. The molecule has 1 atom stereocenters. The molecule has 1 aliphatic heterocycles. The maximum absolute atomic E-state index is 12.4. The van der Waals surface area contributed by atoms with Gasteiger partial charge >= 0.3 is 6.03 Å².